The minimum atomic E-state index is -3.75. The van der Waals surface area contributed by atoms with E-state index >= 15 is 0 Å². The number of hydrogen-bond acceptors (Lipinski definition) is 5. The van der Waals surface area contributed by atoms with Crippen LogP contribution in [-0.4, -0.2) is 30.2 Å². The van der Waals surface area contributed by atoms with Gasteiger partial charge in [0.05, 0.1) is 11.1 Å². The van der Waals surface area contributed by atoms with Gasteiger partial charge in [0, 0.05) is 28.2 Å². The number of phenols is 1. The zero-order valence-electron chi connectivity index (χ0n) is 15.8. The van der Waals surface area contributed by atoms with Crippen molar-refractivity contribution in [2.24, 2.45) is 10.2 Å². The number of nitrogens with two attached hydrogens (primary N) is 1. The van der Waals surface area contributed by atoms with Crippen LogP contribution < -0.4 is 10.6 Å². The Kier molecular flexibility index (Phi) is 5.53. The fourth-order valence-corrected chi connectivity index (χ4v) is 3.45. The molecule has 2 aromatic carbocycles. The zero-order valence-corrected chi connectivity index (χ0v) is 16.6. The van der Waals surface area contributed by atoms with Gasteiger partial charge in [0.1, 0.15) is 5.75 Å². The summed E-state index contributed by atoms with van der Waals surface area (Å²) in [6, 6.07) is 14.0. The Morgan fingerprint density at radius 2 is 1.72 bits per heavy atom. The van der Waals surface area contributed by atoms with Crippen LogP contribution in [0.2, 0.25) is 0 Å². The van der Waals surface area contributed by atoms with Crippen molar-refractivity contribution >= 4 is 22.1 Å². The number of aromatic nitrogens is 1. The number of primary sulfonamides is 1. The maximum absolute atomic E-state index is 12.1. The van der Waals surface area contributed by atoms with Crippen molar-refractivity contribution in [2.45, 2.75) is 18.7 Å². The van der Waals surface area contributed by atoms with Crippen molar-refractivity contribution in [1.82, 2.24) is 9.99 Å². The molecule has 0 unspecified atom stereocenters. The largest absolute Gasteiger partial charge is 0.508 e. The van der Waals surface area contributed by atoms with Gasteiger partial charge in [-0.2, -0.15) is 5.10 Å². The third kappa shape index (κ3) is 4.53. The number of phenolic OH excluding ortho intramolecular Hbond substituents is 1. The minimum absolute atomic E-state index is 0.0439. The molecule has 4 N–H and O–H groups in total. The van der Waals surface area contributed by atoms with Crippen molar-refractivity contribution in [1.29, 1.82) is 0 Å². The lowest BCUT2D eigenvalue weighted by molar-refractivity contribution is 0.0955. The molecule has 0 radical (unpaired) electrons. The van der Waals surface area contributed by atoms with E-state index in [2.05, 4.69) is 10.5 Å². The van der Waals surface area contributed by atoms with Crippen LogP contribution >= 0.6 is 0 Å². The number of hydrazone groups is 1. The first-order valence-corrected chi connectivity index (χ1v) is 10.2. The number of nitrogens with zero attached hydrogens (tertiary/aromatic N) is 2. The molecule has 1 aromatic heterocycles. The molecule has 8 nitrogen and oxygen atoms in total. The fourth-order valence-electron chi connectivity index (χ4n) is 2.94. The Labute approximate surface area is 168 Å². The Hall–Kier alpha value is -3.43. The Morgan fingerprint density at radius 3 is 2.31 bits per heavy atom. The minimum Gasteiger partial charge on any atom is -0.508 e. The molecule has 3 aromatic rings. The van der Waals surface area contributed by atoms with Gasteiger partial charge < -0.3 is 9.67 Å². The molecule has 1 heterocycles. The molecule has 0 atom stereocenters. The van der Waals surface area contributed by atoms with E-state index < -0.39 is 15.9 Å². The maximum Gasteiger partial charge on any atom is 0.271 e. The normalized spacial score (nSPS) is 11.7. The molecule has 0 spiro atoms. The van der Waals surface area contributed by atoms with E-state index in [9.17, 15) is 18.3 Å². The number of amides is 1. The van der Waals surface area contributed by atoms with Crippen LogP contribution in [0.3, 0.4) is 0 Å². The second-order valence-corrected chi connectivity index (χ2v) is 8.01. The Bertz CT molecular complexity index is 1180. The van der Waals surface area contributed by atoms with Crippen molar-refractivity contribution in [3.63, 3.8) is 0 Å². The molecule has 0 aliphatic rings. The molecule has 0 aliphatic heterocycles. The molecule has 3 rings (SSSR count). The van der Waals surface area contributed by atoms with E-state index in [4.69, 9.17) is 5.14 Å². The fraction of sp³-hybridized carbons (Fsp3) is 0.100. The average Bonchev–Trinajstić information content (AvgIpc) is 2.95. The number of aromatic hydroxyl groups is 1. The van der Waals surface area contributed by atoms with E-state index in [0.717, 1.165) is 22.6 Å². The first kappa shape index (κ1) is 20.3. The summed E-state index contributed by atoms with van der Waals surface area (Å²) in [6.45, 7) is 3.80. The predicted octanol–water partition coefficient (Wildman–Crippen LogP) is 2.21. The standard InChI is InChI=1S/C20H20N4O4S/c1-13-11-16(12-22-23-20(26)15-3-7-18(25)8-4-15)14(2)24(13)17-5-9-19(10-6-17)29(21,27)28/h3-12,25H,1-2H3,(H,23,26)(H2,21,27,28)/b22-12-. The van der Waals surface area contributed by atoms with Gasteiger partial charge in [-0.1, -0.05) is 0 Å². The van der Waals surface area contributed by atoms with Gasteiger partial charge in [-0.05, 0) is 68.4 Å². The molecule has 0 saturated carbocycles. The molecule has 1 amide bonds. The monoisotopic (exact) mass is 412 g/mol. The van der Waals surface area contributed by atoms with Gasteiger partial charge in [0.2, 0.25) is 10.0 Å². The topological polar surface area (TPSA) is 127 Å². The summed E-state index contributed by atoms with van der Waals surface area (Å²) in [6.07, 6.45) is 1.54. The molecule has 0 saturated heterocycles. The van der Waals surface area contributed by atoms with Crippen LogP contribution in [0.5, 0.6) is 5.75 Å². The van der Waals surface area contributed by atoms with Gasteiger partial charge in [-0.3, -0.25) is 4.79 Å². The quantitative estimate of drug-likeness (QED) is 0.438. The van der Waals surface area contributed by atoms with E-state index in [1.807, 2.05) is 24.5 Å². The molecule has 0 fully saturated rings. The molecule has 0 bridgehead atoms. The molecule has 0 aliphatic carbocycles. The van der Waals surface area contributed by atoms with E-state index in [1.165, 1.54) is 42.6 Å². The number of carbonyl (C=O) groups is 1. The predicted molar refractivity (Wildman–Crippen MR) is 110 cm³/mol. The van der Waals surface area contributed by atoms with Crippen LogP contribution in [0.4, 0.5) is 0 Å². The SMILES string of the molecule is Cc1cc(/C=N\NC(=O)c2ccc(O)cc2)c(C)n1-c1ccc(S(N)(=O)=O)cc1. The number of sulfonamides is 1. The van der Waals surface area contributed by atoms with Crippen LogP contribution in [0.25, 0.3) is 5.69 Å². The lowest BCUT2D eigenvalue weighted by Crippen LogP contribution is -2.17. The second-order valence-electron chi connectivity index (χ2n) is 6.45. The number of nitrogens with one attached hydrogen (secondary N) is 1. The molecular formula is C20H20N4O4S. The zero-order chi connectivity index (χ0) is 21.2. The van der Waals surface area contributed by atoms with Crippen LogP contribution in [-0.2, 0) is 10.0 Å². The van der Waals surface area contributed by atoms with Crippen molar-refractivity contribution < 1.29 is 18.3 Å². The van der Waals surface area contributed by atoms with Gasteiger partial charge in [-0.15, -0.1) is 0 Å². The Balaban J connectivity index is 1.79. The van der Waals surface area contributed by atoms with E-state index in [1.54, 1.807) is 12.1 Å². The summed E-state index contributed by atoms with van der Waals surface area (Å²) < 4.78 is 24.8. The first-order valence-electron chi connectivity index (χ1n) is 8.61. The highest BCUT2D eigenvalue weighted by Crippen LogP contribution is 2.21. The molecule has 9 heteroatoms. The summed E-state index contributed by atoms with van der Waals surface area (Å²) in [5.74, 6) is -0.316. The summed E-state index contributed by atoms with van der Waals surface area (Å²) >= 11 is 0. The van der Waals surface area contributed by atoms with Crippen molar-refractivity contribution in [2.75, 3.05) is 0 Å². The third-order valence-corrected chi connectivity index (χ3v) is 5.32. The molecule has 29 heavy (non-hydrogen) atoms. The number of rotatable bonds is 5. The number of aryl methyl sites for hydroxylation is 1. The highest BCUT2D eigenvalue weighted by Gasteiger charge is 2.12. The van der Waals surface area contributed by atoms with Crippen LogP contribution in [0.1, 0.15) is 27.3 Å². The smallest absolute Gasteiger partial charge is 0.271 e. The van der Waals surface area contributed by atoms with Crippen LogP contribution in [0.15, 0.2) is 64.6 Å². The highest BCUT2D eigenvalue weighted by molar-refractivity contribution is 7.89. The lowest BCUT2D eigenvalue weighted by Gasteiger charge is -2.10. The summed E-state index contributed by atoms with van der Waals surface area (Å²) in [5, 5.41) is 18.4. The number of benzene rings is 2. The lowest BCUT2D eigenvalue weighted by atomic mass is 10.2. The number of carbonyl (C=O) groups excluding carboxylic acids is 1. The van der Waals surface area contributed by atoms with Gasteiger partial charge in [0.25, 0.3) is 5.91 Å². The highest BCUT2D eigenvalue weighted by atomic mass is 32.2. The first-order chi connectivity index (χ1) is 13.7. The average molecular weight is 412 g/mol. The third-order valence-electron chi connectivity index (χ3n) is 4.39. The Morgan fingerprint density at radius 1 is 1.10 bits per heavy atom. The van der Waals surface area contributed by atoms with Crippen LogP contribution in [0, 0.1) is 13.8 Å². The van der Waals surface area contributed by atoms with Gasteiger partial charge >= 0.3 is 0 Å². The summed E-state index contributed by atoms with van der Waals surface area (Å²) in [5.41, 5.74) is 6.18. The maximum atomic E-state index is 12.1. The number of hydrogen-bond donors (Lipinski definition) is 3. The van der Waals surface area contributed by atoms with E-state index in [0.29, 0.717) is 5.56 Å². The van der Waals surface area contributed by atoms with Gasteiger partial charge in [0.15, 0.2) is 0 Å². The van der Waals surface area contributed by atoms with Crippen molar-refractivity contribution in [3.8, 4) is 11.4 Å². The summed E-state index contributed by atoms with van der Waals surface area (Å²) in [7, 11) is -3.75. The van der Waals surface area contributed by atoms with Crippen molar-refractivity contribution in [3.05, 3.63) is 77.1 Å². The molecular weight excluding hydrogens is 392 g/mol. The van der Waals surface area contributed by atoms with Gasteiger partial charge in [-0.25, -0.2) is 19.0 Å². The van der Waals surface area contributed by atoms with E-state index in [-0.39, 0.29) is 10.6 Å². The molecule has 150 valence electrons. The summed E-state index contributed by atoms with van der Waals surface area (Å²) in [4.78, 5) is 12.1. The second kappa shape index (κ2) is 7.90.